The first-order valence-electron chi connectivity index (χ1n) is 13.4. The zero-order valence-corrected chi connectivity index (χ0v) is 20.4. The van der Waals surface area contributed by atoms with E-state index in [1.165, 1.54) is 63.9 Å². The van der Waals surface area contributed by atoms with Gasteiger partial charge in [0.1, 0.15) is 11.8 Å². The van der Waals surface area contributed by atoms with Gasteiger partial charge in [-0.3, -0.25) is 10.2 Å². The Labute approximate surface area is 195 Å². The summed E-state index contributed by atoms with van der Waals surface area (Å²) in [5.41, 5.74) is 0.0702. The second-order valence-corrected chi connectivity index (χ2v) is 11.6. The number of carbonyl (C=O) groups excluding carboxylic acids is 1. The largest absolute Gasteiger partial charge is 0.384 e. The molecule has 0 heterocycles. The van der Waals surface area contributed by atoms with Crippen LogP contribution in [0, 0.1) is 69.5 Å². The lowest BCUT2D eigenvalue weighted by Gasteiger charge is -2.55. The van der Waals surface area contributed by atoms with Gasteiger partial charge in [0.2, 0.25) is 0 Å². The van der Waals surface area contributed by atoms with E-state index in [0.717, 1.165) is 47.8 Å². The molecule has 0 bridgehead atoms. The monoisotopic (exact) mass is 437 g/mol. The van der Waals surface area contributed by atoms with Crippen molar-refractivity contribution in [3.8, 4) is 6.07 Å². The average Bonchev–Trinajstić information content (AvgIpc) is 3.58. The van der Waals surface area contributed by atoms with E-state index in [0.29, 0.717) is 12.3 Å². The lowest BCUT2D eigenvalue weighted by Crippen LogP contribution is -2.50. The zero-order chi connectivity index (χ0) is 22.9. The number of ketones is 1. The summed E-state index contributed by atoms with van der Waals surface area (Å²) in [6.07, 6.45) is 16.3. The molecule has 4 nitrogen and oxygen atoms in total. The first kappa shape index (κ1) is 23.5. The highest BCUT2D eigenvalue weighted by atomic mass is 16.1. The molecule has 4 rings (SSSR count). The molecule has 0 aromatic rings. The molecule has 32 heavy (non-hydrogen) atoms. The van der Waals surface area contributed by atoms with Crippen LogP contribution in [-0.4, -0.2) is 18.0 Å². The molecule has 0 radical (unpaired) electrons. The van der Waals surface area contributed by atoms with Crippen LogP contribution in [0.4, 0.5) is 0 Å². The summed E-state index contributed by atoms with van der Waals surface area (Å²) in [7, 11) is 0. The van der Waals surface area contributed by atoms with Gasteiger partial charge in [-0.25, -0.2) is 0 Å². The first-order valence-corrected chi connectivity index (χ1v) is 13.4. The third-order valence-electron chi connectivity index (χ3n) is 10.1. The van der Waals surface area contributed by atoms with Gasteiger partial charge in [-0.2, -0.15) is 5.26 Å². The van der Waals surface area contributed by atoms with Crippen LogP contribution in [0.1, 0.15) is 85.0 Å². The summed E-state index contributed by atoms with van der Waals surface area (Å²) in [6, 6.07) is 1.79. The summed E-state index contributed by atoms with van der Waals surface area (Å²) in [5.74, 6) is 6.43. The Morgan fingerprint density at radius 1 is 1.16 bits per heavy atom. The van der Waals surface area contributed by atoms with Gasteiger partial charge in [0.05, 0.1) is 6.54 Å². The quantitative estimate of drug-likeness (QED) is 0.426. The van der Waals surface area contributed by atoms with Crippen LogP contribution >= 0.6 is 0 Å². The summed E-state index contributed by atoms with van der Waals surface area (Å²) < 4.78 is 0. The van der Waals surface area contributed by atoms with Gasteiger partial charge in [0.25, 0.3) is 0 Å². The highest BCUT2D eigenvalue weighted by Crippen LogP contribution is 2.68. The van der Waals surface area contributed by atoms with E-state index in [1.807, 2.05) is 0 Å². The maximum atomic E-state index is 13.4. The van der Waals surface area contributed by atoms with Crippen molar-refractivity contribution in [1.29, 1.82) is 10.7 Å². The molecule has 2 N–H and O–H groups in total. The maximum absolute atomic E-state index is 13.4. The Morgan fingerprint density at radius 2 is 1.94 bits per heavy atom. The van der Waals surface area contributed by atoms with E-state index in [4.69, 9.17) is 10.7 Å². The number of hydrogen-bond acceptors (Lipinski definition) is 4. The molecule has 0 aromatic heterocycles. The van der Waals surface area contributed by atoms with E-state index in [2.05, 4.69) is 26.1 Å². The molecule has 0 aliphatic heterocycles. The van der Waals surface area contributed by atoms with Crippen LogP contribution in [0.5, 0.6) is 0 Å². The Hall–Kier alpha value is -1.63. The van der Waals surface area contributed by atoms with E-state index in [-0.39, 0.29) is 17.0 Å². The number of allylic oxidation sites excluding steroid dienone is 1. The zero-order valence-electron chi connectivity index (χ0n) is 20.4. The lowest BCUT2D eigenvalue weighted by molar-refractivity contribution is -0.129. The second-order valence-electron chi connectivity index (χ2n) is 11.6. The number of Topliss-reactive ketones (excluding diaryl/α,β-unsaturated/α-hetero) is 1. The summed E-state index contributed by atoms with van der Waals surface area (Å²) >= 11 is 0. The minimum atomic E-state index is -0.0886. The molecule has 0 amide bonds. The van der Waals surface area contributed by atoms with Crippen molar-refractivity contribution in [2.45, 2.75) is 85.0 Å². The molecule has 4 aliphatic carbocycles. The van der Waals surface area contributed by atoms with Crippen molar-refractivity contribution in [3.05, 3.63) is 12.3 Å². The van der Waals surface area contributed by atoms with Crippen LogP contribution in [0.3, 0.4) is 0 Å². The number of fused-ring (bicyclic) bond motifs is 3. The van der Waals surface area contributed by atoms with Crippen LogP contribution in [0.2, 0.25) is 0 Å². The number of rotatable bonds is 9. The third-order valence-corrected chi connectivity index (χ3v) is 10.1. The molecule has 176 valence electrons. The van der Waals surface area contributed by atoms with Gasteiger partial charge in [-0.15, -0.1) is 0 Å². The number of carbonyl (C=O) groups is 1. The highest BCUT2D eigenvalue weighted by Gasteiger charge is 2.63. The Morgan fingerprint density at radius 3 is 2.59 bits per heavy atom. The van der Waals surface area contributed by atoms with Crippen molar-refractivity contribution >= 4 is 11.5 Å². The minimum Gasteiger partial charge on any atom is -0.384 e. The van der Waals surface area contributed by atoms with Gasteiger partial charge in [-0.05, 0) is 104 Å². The van der Waals surface area contributed by atoms with Crippen LogP contribution < -0.4 is 5.32 Å². The molecule has 4 fully saturated rings. The van der Waals surface area contributed by atoms with E-state index in [1.54, 1.807) is 12.3 Å². The van der Waals surface area contributed by atoms with Crippen molar-refractivity contribution < 1.29 is 4.79 Å². The Kier molecular flexibility index (Phi) is 7.13. The predicted octanol–water partition coefficient (Wildman–Crippen LogP) is 6.13. The van der Waals surface area contributed by atoms with Crippen molar-refractivity contribution in [2.24, 2.45) is 52.8 Å². The summed E-state index contributed by atoms with van der Waals surface area (Å²) in [6.45, 7) is 7.56. The SMILES string of the molecule is CCCC1C(CC)CCC2C1CCC1(C)C(C(=O)CN/C=C\C(=N)C#N)CC(C3CC3)C21. The predicted molar refractivity (Wildman–Crippen MR) is 129 cm³/mol. The van der Waals surface area contributed by atoms with Crippen LogP contribution in [0.15, 0.2) is 12.3 Å². The minimum absolute atomic E-state index is 0.0886. The van der Waals surface area contributed by atoms with Crippen molar-refractivity contribution in [3.63, 3.8) is 0 Å². The van der Waals surface area contributed by atoms with Gasteiger partial charge in [-0.1, -0.05) is 40.0 Å². The van der Waals surface area contributed by atoms with E-state index >= 15 is 0 Å². The fourth-order valence-electron chi connectivity index (χ4n) is 8.67. The first-order chi connectivity index (χ1) is 15.4. The van der Waals surface area contributed by atoms with Crippen LogP contribution in [0.25, 0.3) is 0 Å². The fourth-order valence-corrected chi connectivity index (χ4v) is 8.67. The van der Waals surface area contributed by atoms with Crippen LogP contribution in [-0.2, 0) is 4.79 Å². The van der Waals surface area contributed by atoms with Crippen molar-refractivity contribution in [1.82, 2.24) is 5.32 Å². The lowest BCUT2D eigenvalue weighted by atomic mass is 9.49. The van der Waals surface area contributed by atoms with E-state index < -0.39 is 0 Å². The molecule has 4 saturated carbocycles. The molecule has 4 heteroatoms. The Bertz CT molecular complexity index is 778. The second kappa shape index (κ2) is 9.70. The molecular weight excluding hydrogens is 394 g/mol. The number of hydrogen-bond donors (Lipinski definition) is 2. The molecule has 0 spiro atoms. The van der Waals surface area contributed by atoms with Gasteiger partial charge < -0.3 is 5.32 Å². The average molecular weight is 438 g/mol. The number of nitrogens with one attached hydrogen (secondary N) is 2. The number of nitrogens with zero attached hydrogens (tertiary/aromatic N) is 1. The fraction of sp³-hybridized carbons (Fsp3) is 0.821. The molecule has 8 atom stereocenters. The normalized spacial score (nSPS) is 41.0. The molecule has 4 aliphatic rings. The summed E-state index contributed by atoms with van der Waals surface area (Å²) in [4.78, 5) is 13.4. The van der Waals surface area contributed by atoms with Gasteiger partial charge in [0, 0.05) is 5.92 Å². The molecular formula is C28H43N3O. The molecule has 0 aromatic carbocycles. The third kappa shape index (κ3) is 4.29. The standard InChI is InChI=1S/C28H43N3O/c1-4-6-21-18(5-2)9-10-23-22(21)11-13-28(3)25(15-24(27(23)28)19-7-8-19)26(32)17-31-14-12-20(30)16-29/h12,14,18-19,21-25,27,30-31H,4-11,13,15,17H2,1-3H3/b14-12-,30-20?. The highest BCUT2D eigenvalue weighted by molar-refractivity contribution is 6.04. The Balaban J connectivity index is 1.52. The van der Waals surface area contributed by atoms with Crippen molar-refractivity contribution in [2.75, 3.05) is 6.54 Å². The maximum Gasteiger partial charge on any atom is 0.155 e. The van der Waals surface area contributed by atoms with Gasteiger partial charge in [0.15, 0.2) is 5.78 Å². The van der Waals surface area contributed by atoms with E-state index in [9.17, 15) is 4.79 Å². The molecule has 0 saturated heterocycles. The number of nitriles is 1. The molecule has 8 unspecified atom stereocenters. The summed E-state index contributed by atoms with van der Waals surface area (Å²) in [5, 5.41) is 19.2. The smallest absolute Gasteiger partial charge is 0.155 e. The topological polar surface area (TPSA) is 76.7 Å². The van der Waals surface area contributed by atoms with Gasteiger partial charge >= 0.3 is 0 Å².